The molecule has 5 heteroatoms. The first-order chi connectivity index (χ1) is 9.31. The first-order valence-electron chi connectivity index (χ1n) is 6.89. The second-order valence-electron chi connectivity index (χ2n) is 4.63. The van der Waals surface area contributed by atoms with Gasteiger partial charge in [-0.3, -0.25) is 9.78 Å². The average molecular weight is 263 g/mol. The Morgan fingerprint density at radius 1 is 1.58 bits per heavy atom. The Morgan fingerprint density at radius 2 is 2.47 bits per heavy atom. The predicted molar refractivity (Wildman–Crippen MR) is 74.3 cm³/mol. The van der Waals surface area contributed by atoms with E-state index in [0.29, 0.717) is 18.2 Å². The van der Waals surface area contributed by atoms with E-state index in [-0.39, 0.29) is 5.91 Å². The molecule has 2 heterocycles. The van der Waals surface area contributed by atoms with Crippen molar-refractivity contribution in [1.82, 2.24) is 10.3 Å². The number of pyridine rings is 1. The van der Waals surface area contributed by atoms with E-state index in [0.717, 1.165) is 38.1 Å². The van der Waals surface area contributed by atoms with Crippen molar-refractivity contribution in [3.05, 3.63) is 24.0 Å². The van der Waals surface area contributed by atoms with Gasteiger partial charge in [0, 0.05) is 32.1 Å². The Kier molecular flexibility index (Phi) is 5.15. The van der Waals surface area contributed by atoms with Crippen molar-refractivity contribution in [3.8, 4) is 0 Å². The fraction of sp³-hybridized carbons (Fsp3) is 0.571. The summed E-state index contributed by atoms with van der Waals surface area (Å²) in [6, 6.07) is 1.82. The summed E-state index contributed by atoms with van der Waals surface area (Å²) >= 11 is 0. The van der Waals surface area contributed by atoms with Crippen LogP contribution in [0, 0.1) is 0 Å². The van der Waals surface area contributed by atoms with Crippen molar-refractivity contribution in [2.45, 2.75) is 32.3 Å². The second-order valence-corrected chi connectivity index (χ2v) is 4.63. The van der Waals surface area contributed by atoms with Crippen LogP contribution < -0.4 is 10.6 Å². The summed E-state index contributed by atoms with van der Waals surface area (Å²) < 4.78 is 5.53. The van der Waals surface area contributed by atoms with E-state index in [9.17, 15) is 4.79 Å². The fourth-order valence-electron chi connectivity index (χ4n) is 2.23. The highest BCUT2D eigenvalue weighted by Crippen LogP contribution is 2.15. The molecule has 2 rings (SSSR count). The van der Waals surface area contributed by atoms with E-state index in [1.54, 1.807) is 12.4 Å². The standard InChI is InChI=1S/C14H21N3O2/c1-2-16-13-6-7-15-10-12(13)14(18)17-8-5-11-4-3-9-19-11/h6-7,10-11H,2-5,8-9H2,1H3,(H,15,16)(H,17,18). The molecular formula is C14H21N3O2. The predicted octanol–water partition coefficient (Wildman–Crippen LogP) is 1.81. The molecule has 2 N–H and O–H groups in total. The molecule has 0 aromatic carbocycles. The van der Waals surface area contributed by atoms with Gasteiger partial charge in [0.25, 0.3) is 5.91 Å². The minimum Gasteiger partial charge on any atom is -0.385 e. The van der Waals surface area contributed by atoms with Gasteiger partial charge < -0.3 is 15.4 Å². The van der Waals surface area contributed by atoms with Crippen LogP contribution in [0.3, 0.4) is 0 Å². The molecule has 0 saturated carbocycles. The van der Waals surface area contributed by atoms with Crippen molar-refractivity contribution in [2.75, 3.05) is 25.0 Å². The Morgan fingerprint density at radius 3 is 3.21 bits per heavy atom. The van der Waals surface area contributed by atoms with Crippen molar-refractivity contribution >= 4 is 11.6 Å². The van der Waals surface area contributed by atoms with Crippen molar-refractivity contribution < 1.29 is 9.53 Å². The SMILES string of the molecule is CCNc1ccncc1C(=O)NCCC1CCCO1. The average Bonchev–Trinajstić information content (AvgIpc) is 2.93. The lowest BCUT2D eigenvalue weighted by molar-refractivity contribution is 0.0907. The van der Waals surface area contributed by atoms with Gasteiger partial charge in [0.1, 0.15) is 0 Å². The van der Waals surface area contributed by atoms with Gasteiger partial charge in [0.05, 0.1) is 17.4 Å². The third-order valence-electron chi connectivity index (χ3n) is 3.21. The van der Waals surface area contributed by atoms with E-state index in [2.05, 4.69) is 15.6 Å². The lowest BCUT2D eigenvalue weighted by atomic mass is 10.1. The highest BCUT2D eigenvalue weighted by molar-refractivity contribution is 5.99. The zero-order chi connectivity index (χ0) is 13.5. The van der Waals surface area contributed by atoms with Crippen LogP contribution in [0.5, 0.6) is 0 Å². The van der Waals surface area contributed by atoms with Gasteiger partial charge in [-0.2, -0.15) is 0 Å². The molecular weight excluding hydrogens is 242 g/mol. The van der Waals surface area contributed by atoms with Crippen molar-refractivity contribution in [1.29, 1.82) is 0 Å². The second kappa shape index (κ2) is 7.09. The summed E-state index contributed by atoms with van der Waals surface area (Å²) in [5.74, 6) is -0.0814. The zero-order valence-electron chi connectivity index (χ0n) is 11.3. The number of carbonyl (C=O) groups is 1. The van der Waals surface area contributed by atoms with E-state index in [4.69, 9.17) is 4.74 Å². The maximum absolute atomic E-state index is 12.1. The first-order valence-corrected chi connectivity index (χ1v) is 6.89. The van der Waals surface area contributed by atoms with Crippen molar-refractivity contribution in [3.63, 3.8) is 0 Å². The third kappa shape index (κ3) is 3.92. The number of nitrogens with zero attached hydrogens (tertiary/aromatic N) is 1. The summed E-state index contributed by atoms with van der Waals surface area (Å²) in [5.41, 5.74) is 1.42. The molecule has 104 valence electrons. The van der Waals surface area contributed by atoms with Crippen LogP contribution in [-0.2, 0) is 4.74 Å². The fourth-order valence-corrected chi connectivity index (χ4v) is 2.23. The summed E-state index contributed by atoms with van der Waals surface area (Å²) in [6.07, 6.45) is 6.70. The molecule has 5 nitrogen and oxygen atoms in total. The highest BCUT2D eigenvalue weighted by atomic mass is 16.5. The van der Waals surface area contributed by atoms with Crippen LogP contribution in [0.4, 0.5) is 5.69 Å². The zero-order valence-corrected chi connectivity index (χ0v) is 11.3. The Bertz CT molecular complexity index is 417. The molecule has 1 fully saturated rings. The molecule has 19 heavy (non-hydrogen) atoms. The lowest BCUT2D eigenvalue weighted by Crippen LogP contribution is -2.27. The molecule has 1 atom stereocenters. The molecule has 1 unspecified atom stereocenters. The van der Waals surface area contributed by atoms with E-state index in [1.165, 1.54) is 0 Å². The van der Waals surface area contributed by atoms with E-state index < -0.39 is 0 Å². The third-order valence-corrected chi connectivity index (χ3v) is 3.21. The van der Waals surface area contributed by atoms with Gasteiger partial charge in [-0.15, -0.1) is 0 Å². The maximum atomic E-state index is 12.1. The minimum absolute atomic E-state index is 0.0814. The molecule has 1 aromatic rings. The number of rotatable bonds is 6. The smallest absolute Gasteiger partial charge is 0.254 e. The van der Waals surface area contributed by atoms with Crippen LogP contribution in [0.25, 0.3) is 0 Å². The van der Waals surface area contributed by atoms with Crippen LogP contribution in [0.1, 0.15) is 36.5 Å². The van der Waals surface area contributed by atoms with Crippen LogP contribution in [0.15, 0.2) is 18.5 Å². The molecule has 1 saturated heterocycles. The lowest BCUT2D eigenvalue weighted by Gasteiger charge is -2.12. The monoisotopic (exact) mass is 263 g/mol. The maximum Gasteiger partial charge on any atom is 0.254 e. The summed E-state index contributed by atoms with van der Waals surface area (Å²) in [5, 5.41) is 6.09. The number of nitrogens with one attached hydrogen (secondary N) is 2. The quantitative estimate of drug-likeness (QED) is 0.821. The van der Waals surface area contributed by atoms with E-state index in [1.807, 2.05) is 13.0 Å². The number of hydrogen-bond donors (Lipinski definition) is 2. The number of amides is 1. The molecule has 0 spiro atoms. The van der Waals surface area contributed by atoms with Gasteiger partial charge in [-0.1, -0.05) is 0 Å². The van der Waals surface area contributed by atoms with Gasteiger partial charge in [-0.05, 0) is 32.3 Å². The minimum atomic E-state index is -0.0814. The largest absolute Gasteiger partial charge is 0.385 e. The molecule has 0 bridgehead atoms. The van der Waals surface area contributed by atoms with Gasteiger partial charge >= 0.3 is 0 Å². The molecule has 0 radical (unpaired) electrons. The molecule has 1 aliphatic heterocycles. The van der Waals surface area contributed by atoms with Gasteiger partial charge in [0.15, 0.2) is 0 Å². The van der Waals surface area contributed by atoms with Gasteiger partial charge in [0.2, 0.25) is 0 Å². The van der Waals surface area contributed by atoms with Gasteiger partial charge in [-0.25, -0.2) is 0 Å². The topological polar surface area (TPSA) is 63.2 Å². The molecule has 1 aliphatic rings. The highest BCUT2D eigenvalue weighted by Gasteiger charge is 2.16. The van der Waals surface area contributed by atoms with Crippen LogP contribution in [0.2, 0.25) is 0 Å². The first kappa shape index (κ1) is 13.8. The summed E-state index contributed by atoms with van der Waals surface area (Å²) in [4.78, 5) is 16.1. The Labute approximate surface area is 113 Å². The normalized spacial score (nSPS) is 18.3. The number of carbonyl (C=O) groups excluding carboxylic acids is 1. The van der Waals surface area contributed by atoms with Crippen LogP contribution >= 0.6 is 0 Å². The Hall–Kier alpha value is -1.62. The Balaban J connectivity index is 1.84. The molecule has 1 aromatic heterocycles. The van der Waals surface area contributed by atoms with E-state index >= 15 is 0 Å². The summed E-state index contributed by atoms with van der Waals surface area (Å²) in [6.45, 7) is 4.27. The number of ether oxygens (including phenoxy) is 1. The van der Waals surface area contributed by atoms with Crippen molar-refractivity contribution in [2.24, 2.45) is 0 Å². The van der Waals surface area contributed by atoms with Crippen LogP contribution in [-0.4, -0.2) is 36.7 Å². The molecule has 0 aliphatic carbocycles. The summed E-state index contributed by atoms with van der Waals surface area (Å²) in [7, 11) is 0. The number of anilines is 1. The molecule has 1 amide bonds. The number of hydrogen-bond acceptors (Lipinski definition) is 4. The number of aromatic nitrogens is 1.